The van der Waals surface area contributed by atoms with E-state index < -0.39 is 0 Å². The molecular weight excluding hydrogens is 376 g/mol. The minimum Gasteiger partial charge on any atom is -0.491 e. The molecule has 2 aliphatic heterocycles. The van der Waals surface area contributed by atoms with Crippen LogP contribution < -0.4 is 10.1 Å². The van der Waals surface area contributed by atoms with Gasteiger partial charge >= 0.3 is 0 Å². The van der Waals surface area contributed by atoms with Crippen molar-refractivity contribution in [2.24, 2.45) is 0 Å². The van der Waals surface area contributed by atoms with Gasteiger partial charge in [-0.1, -0.05) is 29.8 Å². The highest BCUT2D eigenvalue weighted by Gasteiger charge is 2.38. The smallest absolute Gasteiger partial charge is 0.251 e. The average Bonchev–Trinajstić information content (AvgIpc) is 2.73. The molecule has 28 heavy (non-hydrogen) atoms. The first kappa shape index (κ1) is 19.2. The molecule has 0 aliphatic carbocycles. The number of benzene rings is 2. The molecule has 0 radical (unpaired) electrons. The maximum atomic E-state index is 12.1. The topological polar surface area (TPSA) is 50.8 Å². The summed E-state index contributed by atoms with van der Waals surface area (Å²) in [5, 5.41) is 3.61. The Balaban J connectivity index is 1.23. The number of morpholine rings is 1. The molecule has 2 heterocycles. The van der Waals surface area contributed by atoms with Gasteiger partial charge in [-0.25, -0.2) is 0 Å². The van der Waals surface area contributed by atoms with E-state index in [2.05, 4.69) is 16.3 Å². The van der Waals surface area contributed by atoms with Crippen molar-refractivity contribution in [1.82, 2.24) is 10.2 Å². The van der Waals surface area contributed by atoms with Gasteiger partial charge in [-0.3, -0.25) is 9.69 Å². The highest BCUT2D eigenvalue weighted by Crippen LogP contribution is 2.38. The summed E-state index contributed by atoms with van der Waals surface area (Å²) in [5.41, 5.74) is 1.79. The van der Waals surface area contributed by atoms with Gasteiger partial charge < -0.3 is 14.8 Å². The Bertz CT molecular complexity index is 812. The summed E-state index contributed by atoms with van der Waals surface area (Å²) in [6.45, 7) is 3.97. The third-order valence-corrected chi connectivity index (χ3v) is 5.65. The fourth-order valence-electron chi connectivity index (χ4n) is 3.90. The fraction of sp³-hybridized carbons (Fsp3) is 0.409. The van der Waals surface area contributed by atoms with Gasteiger partial charge in [-0.2, -0.15) is 0 Å². The largest absolute Gasteiger partial charge is 0.491 e. The van der Waals surface area contributed by atoms with Crippen LogP contribution in [0.5, 0.6) is 5.75 Å². The second-order valence-corrected chi connectivity index (χ2v) is 7.65. The van der Waals surface area contributed by atoms with Gasteiger partial charge in [0.2, 0.25) is 0 Å². The molecule has 6 heteroatoms. The molecule has 0 unspecified atom stereocenters. The monoisotopic (exact) mass is 400 g/mol. The van der Waals surface area contributed by atoms with Crippen LogP contribution in [0.25, 0.3) is 0 Å². The van der Waals surface area contributed by atoms with Crippen LogP contribution in [0.1, 0.15) is 34.9 Å². The van der Waals surface area contributed by atoms with Crippen molar-refractivity contribution in [2.75, 3.05) is 32.8 Å². The highest BCUT2D eigenvalue weighted by molar-refractivity contribution is 6.30. The molecule has 1 fully saturated rings. The summed E-state index contributed by atoms with van der Waals surface area (Å²) in [6, 6.07) is 15.4. The van der Waals surface area contributed by atoms with Crippen molar-refractivity contribution in [3.05, 3.63) is 64.7 Å². The van der Waals surface area contributed by atoms with Crippen LogP contribution in [0.2, 0.25) is 5.02 Å². The fourth-order valence-corrected chi connectivity index (χ4v) is 4.03. The Morgan fingerprint density at radius 1 is 1.14 bits per heavy atom. The van der Waals surface area contributed by atoms with Gasteiger partial charge in [0, 0.05) is 29.2 Å². The maximum absolute atomic E-state index is 12.1. The SMILES string of the molecule is O=C(NCCCCN1CCO[C@@H]2c3ccccc3OC[C@@H]21)c1ccc(Cl)cc1. The third kappa shape index (κ3) is 4.32. The van der Waals surface area contributed by atoms with Crippen LogP contribution in [0.15, 0.2) is 48.5 Å². The molecule has 1 N–H and O–H groups in total. The first-order valence-corrected chi connectivity index (χ1v) is 10.2. The van der Waals surface area contributed by atoms with Crippen molar-refractivity contribution in [2.45, 2.75) is 25.0 Å². The van der Waals surface area contributed by atoms with Gasteiger partial charge in [-0.05, 0) is 49.7 Å². The zero-order chi connectivity index (χ0) is 19.3. The number of nitrogens with one attached hydrogen (secondary N) is 1. The molecular formula is C22H25ClN2O3. The van der Waals surface area contributed by atoms with Crippen LogP contribution >= 0.6 is 11.6 Å². The predicted octanol–water partition coefficient (Wildman–Crippen LogP) is 3.68. The second-order valence-electron chi connectivity index (χ2n) is 7.21. The van der Waals surface area contributed by atoms with Crippen LogP contribution in [-0.2, 0) is 4.74 Å². The van der Waals surface area contributed by atoms with Gasteiger partial charge in [0.1, 0.15) is 18.5 Å². The molecule has 0 saturated carbocycles. The lowest BCUT2D eigenvalue weighted by molar-refractivity contribution is -0.0960. The molecule has 5 nitrogen and oxygen atoms in total. The van der Waals surface area contributed by atoms with E-state index in [1.807, 2.05) is 18.2 Å². The van der Waals surface area contributed by atoms with Crippen LogP contribution in [0, 0.1) is 0 Å². The number of fused-ring (bicyclic) bond motifs is 3. The number of hydrogen-bond acceptors (Lipinski definition) is 4. The van der Waals surface area contributed by atoms with E-state index in [4.69, 9.17) is 21.1 Å². The zero-order valence-corrected chi connectivity index (χ0v) is 16.5. The number of ether oxygens (including phenoxy) is 2. The van der Waals surface area contributed by atoms with E-state index in [1.165, 1.54) is 0 Å². The highest BCUT2D eigenvalue weighted by atomic mass is 35.5. The summed E-state index contributed by atoms with van der Waals surface area (Å²) < 4.78 is 12.0. The van der Waals surface area contributed by atoms with E-state index in [1.54, 1.807) is 24.3 Å². The summed E-state index contributed by atoms with van der Waals surface area (Å²) in [4.78, 5) is 14.6. The molecule has 2 atom stereocenters. The molecule has 1 amide bonds. The van der Waals surface area contributed by atoms with E-state index in [9.17, 15) is 4.79 Å². The summed E-state index contributed by atoms with van der Waals surface area (Å²) in [6.07, 6.45) is 2.04. The lowest BCUT2D eigenvalue weighted by Gasteiger charge is -2.44. The molecule has 1 saturated heterocycles. The van der Waals surface area contributed by atoms with E-state index >= 15 is 0 Å². The van der Waals surface area contributed by atoms with E-state index in [-0.39, 0.29) is 18.1 Å². The number of hydrogen-bond donors (Lipinski definition) is 1. The lowest BCUT2D eigenvalue weighted by atomic mass is 9.96. The normalized spacial score (nSPS) is 21.3. The first-order valence-electron chi connectivity index (χ1n) is 9.83. The van der Waals surface area contributed by atoms with Gasteiger partial charge in [0.05, 0.1) is 12.6 Å². The van der Waals surface area contributed by atoms with E-state index in [0.29, 0.717) is 23.7 Å². The van der Waals surface area contributed by atoms with E-state index in [0.717, 1.165) is 43.9 Å². The Labute approximate surface area is 170 Å². The first-order chi connectivity index (χ1) is 13.7. The number of carbonyl (C=O) groups excluding carboxylic acids is 1. The number of amides is 1. The van der Waals surface area contributed by atoms with Crippen molar-refractivity contribution >= 4 is 17.5 Å². The van der Waals surface area contributed by atoms with Crippen LogP contribution in [0.4, 0.5) is 0 Å². The quantitative estimate of drug-likeness (QED) is 0.751. The number of para-hydroxylation sites is 1. The van der Waals surface area contributed by atoms with Crippen molar-refractivity contribution in [1.29, 1.82) is 0 Å². The molecule has 2 aliphatic rings. The Kier molecular flexibility index (Phi) is 6.15. The minimum atomic E-state index is -0.0552. The van der Waals surface area contributed by atoms with Crippen molar-refractivity contribution in [3.63, 3.8) is 0 Å². The molecule has 0 aromatic heterocycles. The molecule has 0 spiro atoms. The lowest BCUT2D eigenvalue weighted by Crippen LogP contribution is -2.52. The van der Waals surface area contributed by atoms with Crippen LogP contribution in [0.3, 0.4) is 0 Å². The number of nitrogens with zero attached hydrogens (tertiary/aromatic N) is 1. The summed E-state index contributed by atoms with van der Waals surface area (Å²) >= 11 is 5.86. The molecule has 4 rings (SSSR count). The zero-order valence-electron chi connectivity index (χ0n) is 15.8. The summed E-state index contributed by atoms with van der Waals surface area (Å²) in [5.74, 6) is 0.885. The number of rotatable bonds is 6. The van der Waals surface area contributed by atoms with Gasteiger partial charge in [0.25, 0.3) is 5.91 Å². The molecule has 2 aromatic carbocycles. The van der Waals surface area contributed by atoms with Crippen LogP contribution in [-0.4, -0.2) is 49.7 Å². The van der Waals surface area contributed by atoms with Gasteiger partial charge in [0.15, 0.2) is 0 Å². The average molecular weight is 401 g/mol. The maximum Gasteiger partial charge on any atom is 0.251 e. The molecule has 148 valence electrons. The molecule has 2 aromatic rings. The number of unbranched alkanes of at least 4 members (excludes halogenated alkanes) is 1. The predicted molar refractivity (Wildman–Crippen MR) is 109 cm³/mol. The Morgan fingerprint density at radius 2 is 1.96 bits per heavy atom. The summed E-state index contributed by atoms with van der Waals surface area (Å²) in [7, 11) is 0. The minimum absolute atomic E-state index is 0.0552. The molecule has 0 bridgehead atoms. The second kappa shape index (κ2) is 8.95. The number of carbonyl (C=O) groups is 1. The van der Waals surface area contributed by atoms with Crippen molar-refractivity contribution < 1.29 is 14.3 Å². The Morgan fingerprint density at radius 3 is 2.82 bits per heavy atom. The number of halogens is 1. The van der Waals surface area contributed by atoms with Gasteiger partial charge in [-0.15, -0.1) is 0 Å². The third-order valence-electron chi connectivity index (χ3n) is 5.39. The van der Waals surface area contributed by atoms with Crippen molar-refractivity contribution in [3.8, 4) is 5.75 Å². The Hall–Kier alpha value is -2.08. The standard InChI is InChI=1S/C22H25ClN2O3/c23-17-9-7-16(8-10-17)22(26)24-11-3-4-12-25-13-14-27-21-18-5-1-2-6-20(18)28-15-19(21)25/h1-2,5-10,19,21H,3-4,11-15H2,(H,24,26)/t19-,21+/m0/s1.